The highest BCUT2D eigenvalue weighted by Gasteiger charge is 2.22. The van der Waals surface area contributed by atoms with Gasteiger partial charge in [0.25, 0.3) is 5.91 Å². The molecule has 1 saturated heterocycles. The van der Waals surface area contributed by atoms with Crippen molar-refractivity contribution in [3.8, 4) is 0 Å². The van der Waals surface area contributed by atoms with Crippen LogP contribution in [0, 0.1) is 5.92 Å². The molecule has 2 aromatic heterocycles. The number of nitrogens with one attached hydrogen (secondary N) is 3. The fourth-order valence-corrected chi connectivity index (χ4v) is 4.06. The maximum absolute atomic E-state index is 12.8. The third-order valence-corrected chi connectivity index (χ3v) is 5.92. The summed E-state index contributed by atoms with van der Waals surface area (Å²) in [6, 6.07) is 10.1. The summed E-state index contributed by atoms with van der Waals surface area (Å²) in [6.45, 7) is 6.30. The van der Waals surface area contributed by atoms with Crippen LogP contribution in [0.5, 0.6) is 0 Å². The molecule has 0 spiro atoms. The molecule has 166 valence electrons. The standard InChI is InChI=1S/C24H28N6O2/c1-2-20(31)30-12-9-18(10-13-30)14-26-22-21-19(15-27-23(21)29-16-28-22)24(32)25-11-8-17-6-4-3-5-7-17/h2-7,15-16,18H,1,8-14H2,(H,25,32)(H2,26,27,28,29). The number of likely N-dealkylation sites (tertiary alicyclic amines) is 1. The number of rotatable bonds is 8. The number of H-pyrrole nitrogens is 1. The molecule has 1 fully saturated rings. The Morgan fingerprint density at radius 1 is 1.19 bits per heavy atom. The van der Waals surface area contributed by atoms with Gasteiger partial charge in [0.15, 0.2) is 0 Å². The average molecular weight is 433 g/mol. The number of carbonyl (C=O) groups excluding carboxylic acids is 2. The summed E-state index contributed by atoms with van der Waals surface area (Å²) in [5.41, 5.74) is 2.34. The normalized spacial score (nSPS) is 14.3. The minimum Gasteiger partial charge on any atom is -0.369 e. The lowest BCUT2D eigenvalue weighted by atomic mass is 9.96. The lowest BCUT2D eigenvalue weighted by molar-refractivity contribution is -0.127. The molecule has 3 N–H and O–H groups in total. The number of nitrogens with zero attached hydrogens (tertiary/aromatic N) is 3. The molecule has 3 heterocycles. The van der Waals surface area contributed by atoms with E-state index in [0.717, 1.165) is 38.9 Å². The molecule has 8 heteroatoms. The third-order valence-electron chi connectivity index (χ3n) is 5.92. The van der Waals surface area contributed by atoms with Gasteiger partial charge in [0.05, 0.1) is 10.9 Å². The molecular formula is C24H28N6O2. The molecule has 3 aromatic rings. The van der Waals surface area contributed by atoms with Gasteiger partial charge in [0.1, 0.15) is 17.8 Å². The van der Waals surface area contributed by atoms with E-state index in [9.17, 15) is 9.59 Å². The first-order chi connectivity index (χ1) is 15.7. The predicted molar refractivity (Wildman–Crippen MR) is 124 cm³/mol. The Morgan fingerprint density at radius 3 is 2.72 bits per heavy atom. The zero-order valence-electron chi connectivity index (χ0n) is 18.0. The summed E-state index contributed by atoms with van der Waals surface area (Å²) in [5.74, 6) is 0.912. The van der Waals surface area contributed by atoms with Crippen LogP contribution < -0.4 is 10.6 Å². The Bertz CT molecular complexity index is 1090. The largest absolute Gasteiger partial charge is 0.369 e. The number of carbonyl (C=O) groups is 2. The number of hydrogen-bond acceptors (Lipinski definition) is 5. The molecule has 1 aromatic carbocycles. The molecule has 8 nitrogen and oxygen atoms in total. The van der Waals surface area contributed by atoms with Crippen molar-refractivity contribution in [3.63, 3.8) is 0 Å². The quantitative estimate of drug-likeness (QED) is 0.475. The van der Waals surface area contributed by atoms with Gasteiger partial charge in [-0.15, -0.1) is 0 Å². The summed E-state index contributed by atoms with van der Waals surface area (Å²) in [7, 11) is 0. The van der Waals surface area contributed by atoms with Gasteiger partial charge in [-0.2, -0.15) is 0 Å². The minimum atomic E-state index is -0.152. The van der Waals surface area contributed by atoms with Crippen LogP contribution in [0.25, 0.3) is 11.0 Å². The van der Waals surface area contributed by atoms with Gasteiger partial charge in [-0.3, -0.25) is 9.59 Å². The van der Waals surface area contributed by atoms with Gasteiger partial charge < -0.3 is 20.5 Å². The molecule has 4 rings (SSSR count). The second kappa shape index (κ2) is 10.1. The lowest BCUT2D eigenvalue weighted by Crippen LogP contribution is -2.39. The summed E-state index contributed by atoms with van der Waals surface area (Å²) >= 11 is 0. The van der Waals surface area contributed by atoms with Crippen LogP contribution in [0.3, 0.4) is 0 Å². The zero-order chi connectivity index (χ0) is 22.3. The Labute approximate surface area is 187 Å². The highest BCUT2D eigenvalue weighted by molar-refractivity contribution is 6.09. The maximum Gasteiger partial charge on any atom is 0.253 e. The molecule has 1 aliphatic heterocycles. The van der Waals surface area contributed by atoms with Crippen molar-refractivity contribution in [2.45, 2.75) is 19.3 Å². The highest BCUT2D eigenvalue weighted by Crippen LogP contribution is 2.25. The number of anilines is 1. The Hall–Kier alpha value is -3.68. The van der Waals surface area contributed by atoms with E-state index in [1.54, 1.807) is 6.20 Å². The van der Waals surface area contributed by atoms with E-state index in [4.69, 9.17) is 0 Å². The zero-order valence-corrected chi connectivity index (χ0v) is 18.0. The van der Waals surface area contributed by atoms with Gasteiger partial charge in [0, 0.05) is 32.4 Å². The molecular weight excluding hydrogens is 404 g/mol. The molecule has 0 atom stereocenters. The van der Waals surface area contributed by atoms with Gasteiger partial charge in [-0.25, -0.2) is 9.97 Å². The van der Waals surface area contributed by atoms with E-state index >= 15 is 0 Å². The number of aromatic amines is 1. The van der Waals surface area contributed by atoms with Crippen LogP contribution in [0.1, 0.15) is 28.8 Å². The molecule has 0 radical (unpaired) electrons. The van der Waals surface area contributed by atoms with Crippen molar-refractivity contribution in [2.75, 3.05) is 31.5 Å². The monoisotopic (exact) mass is 432 g/mol. The summed E-state index contributed by atoms with van der Waals surface area (Å²) < 4.78 is 0. The first-order valence-corrected chi connectivity index (χ1v) is 10.9. The van der Waals surface area contributed by atoms with E-state index in [1.165, 1.54) is 18.0 Å². The topological polar surface area (TPSA) is 103 Å². The molecule has 0 saturated carbocycles. The number of hydrogen-bond donors (Lipinski definition) is 3. The van der Waals surface area contributed by atoms with E-state index in [0.29, 0.717) is 34.9 Å². The van der Waals surface area contributed by atoms with Crippen LogP contribution in [-0.4, -0.2) is 57.8 Å². The second-order valence-electron chi connectivity index (χ2n) is 7.99. The summed E-state index contributed by atoms with van der Waals surface area (Å²) in [4.78, 5) is 38.2. The van der Waals surface area contributed by atoms with Crippen molar-refractivity contribution in [2.24, 2.45) is 5.92 Å². The molecule has 0 aliphatic carbocycles. The first-order valence-electron chi connectivity index (χ1n) is 10.9. The van der Waals surface area contributed by atoms with Crippen LogP contribution in [0.2, 0.25) is 0 Å². The summed E-state index contributed by atoms with van der Waals surface area (Å²) in [5, 5.41) is 7.09. The SMILES string of the molecule is C=CC(=O)N1CCC(CNc2ncnc3[nH]cc(C(=O)NCCc4ccccc4)c23)CC1. The minimum absolute atomic E-state index is 0.0100. The maximum atomic E-state index is 12.8. The number of aromatic nitrogens is 3. The number of amides is 2. The molecule has 1 aliphatic rings. The predicted octanol–water partition coefficient (Wildman–Crippen LogP) is 2.77. The lowest BCUT2D eigenvalue weighted by Gasteiger charge is -2.31. The fourth-order valence-electron chi connectivity index (χ4n) is 4.06. The van der Waals surface area contributed by atoms with Crippen molar-refractivity contribution in [1.82, 2.24) is 25.2 Å². The van der Waals surface area contributed by atoms with Gasteiger partial charge in [0.2, 0.25) is 5.91 Å². The average Bonchev–Trinajstić information content (AvgIpc) is 3.28. The number of piperidine rings is 1. The van der Waals surface area contributed by atoms with Gasteiger partial charge >= 0.3 is 0 Å². The van der Waals surface area contributed by atoms with E-state index < -0.39 is 0 Å². The van der Waals surface area contributed by atoms with Crippen LogP contribution in [0.4, 0.5) is 5.82 Å². The summed E-state index contributed by atoms with van der Waals surface area (Å²) in [6.07, 6.45) is 7.14. The Kier molecular flexibility index (Phi) is 6.79. The highest BCUT2D eigenvalue weighted by atomic mass is 16.2. The van der Waals surface area contributed by atoms with Crippen molar-refractivity contribution < 1.29 is 9.59 Å². The van der Waals surface area contributed by atoms with Crippen LogP contribution in [0.15, 0.2) is 55.5 Å². The van der Waals surface area contributed by atoms with E-state index in [-0.39, 0.29) is 11.8 Å². The molecule has 2 amide bonds. The molecule has 0 unspecified atom stereocenters. The smallest absolute Gasteiger partial charge is 0.253 e. The third kappa shape index (κ3) is 4.96. The van der Waals surface area contributed by atoms with Crippen LogP contribution >= 0.6 is 0 Å². The molecule has 32 heavy (non-hydrogen) atoms. The van der Waals surface area contributed by atoms with Crippen LogP contribution in [-0.2, 0) is 11.2 Å². The molecule has 0 bridgehead atoms. The van der Waals surface area contributed by atoms with E-state index in [1.807, 2.05) is 35.2 Å². The van der Waals surface area contributed by atoms with E-state index in [2.05, 4.69) is 32.2 Å². The van der Waals surface area contributed by atoms with Crippen molar-refractivity contribution in [3.05, 3.63) is 66.6 Å². The number of fused-ring (bicyclic) bond motifs is 1. The number of benzene rings is 1. The van der Waals surface area contributed by atoms with Crippen molar-refractivity contribution >= 4 is 28.7 Å². The Balaban J connectivity index is 1.38. The Morgan fingerprint density at radius 2 is 1.97 bits per heavy atom. The van der Waals surface area contributed by atoms with Gasteiger partial charge in [-0.1, -0.05) is 36.9 Å². The van der Waals surface area contributed by atoms with Crippen molar-refractivity contribution in [1.29, 1.82) is 0 Å². The van der Waals surface area contributed by atoms with Gasteiger partial charge in [-0.05, 0) is 36.8 Å². The fraction of sp³-hybridized carbons (Fsp3) is 0.333. The second-order valence-corrected chi connectivity index (χ2v) is 7.99. The first kappa shape index (κ1) is 21.5.